The van der Waals surface area contributed by atoms with Gasteiger partial charge in [-0.3, -0.25) is 10.1 Å². The Morgan fingerprint density at radius 1 is 1.30 bits per heavy atom. The van der Waals surface area contributed by atoms with E-state index in [-0.39, 0.29) is 10.6 Å². The highest BCUT2D eigenvalue weighted by molar-refractivity contribution is 7.98. The van der Waals surface area contributed by atoms with E-state index in [0.717, 1.165) is 20.8 Å². The van der Waals surface area contributed by atoms with Crippen molar-refractivity contribution in [2.45, 2.75) is 10.8 Å². The number of hydrogen-bond donors (Lipinski definition) is 0. The lowest BCUT2D eigenvalue weighted by Gasteiger charge is -2.02. The number of thiophene rings is 1. The Kier molecular flexibility index (Phi) is 3.62. The number of benzene rings is 1. The molecule has 1 aromatic carbocycles. The molecule has 7 heteroatoms. The van der Waals surface area contributed by atoms with Gasteiger partial charge in [-0.1, -0.05) is 12.1 Å². The van der Waals surface area contributed by atoms with Crippen LogP contribution >= 0.6 is 23.1 Å². The third kappa shape index (κ3) is 2.63. The van der Waals surface area contributed by atoms with E-state index in [0.29, 0.717) is 5.75 Å². The zero-order chi connectivity index (χ0) is 13.9. The number of non-ortho nitro benzene ring substituents is 1. The molecule has 20 heavy (non-hydrogen) atoms. The van der Waals surface area contributed by atoms with Gasteiger partial charge in [0.1, 0.15) is 11.4 Å². The van der Waals surface area contributed by atoms with Gasteiger partial charge in [0.25, 0.3) is 5.69 Å². The summed E-state index contributed by atoms with van der Waals surface area (Å²) in [5, 5.41) is 13.6. The molecule has 0 radical (unpaired) electrons. The largest absolute Gasteiger partial charge is 0.269 e. The SMILES string of the molecule is O=[N+]([O-])c1cccc(CSc2ncnc3ccsc23)c1. The first-order chi connectivity index (χ1) is 9.74. The zero-order valence-corrected chi connectivity index (χ0v) is 11.9. The molecule has 5 nitrogen and oxygen atoms in total. The fourth-order valence-corrected chi connectivity index (χ4v) is 3.67. The lowest BCUT2D eigenvalue weighted by Crippen LogP contribution is -1.90. The number of rotatable bonds is 4. The van der Waals surface area contributed by atoms with Crippen LogP contribution in [0.1, 0.15) is 5.56 Å². The molecule has 0 N–H and O–H groups in total. The highest BCUT2D eigenvalue weighted by Gasteiger charge is 2.08. The maximum atomic E-state index is 10.7. The average molecular weight is 303 g/mol. The van der Waals surface area contributed by atoms with Gasteiger partial charge in [-0.15, -0.1) is 23.1 Å². The second-order valence-electron chi connectivity index (χ2n) is 4.03. The van der Waals surface area contributed by atoms with Crippen LogP contribution in [0, 0.1) is 10.1 Å². The van der Waals surface area contributed by atoms with E-state index in [9.17, 15) is 10.1 Å². The van der Waals surface area contributed by atoms with Gasteiger partial charge in [0.2, 0.25) is 0 Å². The molecule has 0 aliphatic carbocycles. The molecular formula is C13H9N3O2S2. The van der Waals surface area contributed by atoms with Gasteiger partial charge in [-0.05, 0) is 17.0 Å². The fourth-order valence-electron chi connectivity index (χ4n) is 1.78. The summed E-state index contributed by atoms with van der Waals surface area (Å²) in [7, 11) is 0. The molecule has 0 atom stereocenters. The highest BCUT2D eigenvalue weighted by Crippen LogP contribution is 2.31. The van der Waals surface area contributed by atoms with Crippen LogP contribution < -0.4 is 0 Å². The molecule has 0 amide bonds. The Bertz CT molecular complexity index is 773. The van der Waals surface area contributed by atoms with E-state index in [4.69, 9.17) is 0 Å². The van der Waals surface area contributed by atoms with Gasteiger partial charge in [0.15, 0.2) is 0 Å². The maximum Gasteiger partial charge on any atom is 0.269 e. The fraction of sp³-hybridized carbons (Fsp3) is 0.0769. The van der Waals surface area contributed by atoms with Crippen LogP contribution in [0.25, 0.3) is 10.2 Å². The highest BCUT2D eigenvalue weighted by atomic mass is 32.2. The monoisotopic (exact) mass is 303 g/mol. The van der Waals surface area contributed by atoms with Crippen molar-refractivity contribution in [2.24, 2.45) is 0 Å². The van der Waals surface area contributed by atoms with Crippen LogP contribution in [0.15, 0.2) is 47.1 Å². The summed E-state index contributed by atoms with van der Waals surface area (Å²) < 4.78 is 1.06. The predicted octanol–water partition coefficient (Wildman–Crippen LogP) is 3.89. The Balaban J connectivity index is 1.81. The van der Waals surface area contributed by atoms with Crippen LogP contribution in [0.5, 0.6) is 0 Å². The van der Waals surface area contributed by atoms with Gasteiger partial charge >= 0.3 is 0 Å². The zero-order valence-electron chi connectivity index (χ0n) is 10.2. The molecule has 0 fully saturated rings. The number of nitro groups is 1. The molecule has 100 valence electrons. The lowest BCUT2D eigenvalue weighted by atomic mass is 10.2. The van der Waals surface area contributed by atoms with Crippen LogP contribution in [0.4, 0.5) is 5.69 Å². The molecule has 0 saturated carbocycles. The third-order valence-electron chi connectivity index (χ3n) is 2.71. The van der Waals surface area contributed by atoms with Gasteiger partial charge < -0.3 is 0 Å². The third-order valence-corrected chi connectivity index (χ3v) is 4.81. The van der Waals surface area contributed by atoms with Crippen molar-refractivity contribution in [1.29, 1.82) is 0 Å². The van der Waals surface area contributed by atoms with Crippen LogP contribution in [-0.2, 0) is 5.75 Å². The molecular weight excluding hydrogens is 294 g/mol. The van der Waals surface area contributed by atoms with Crippen molar-refractivity contribution in [1.82, 2.24) is 9.97 Å². The quantitative estimate of drug-likeness (QED) is 0.316. The molecule has 2 aromatic heterocycles. The number of nitro benzene ring substituents is 1. The number of fused-ring (bicyclic) bond motifs is 1. The summed E-state index contributed by atoms with van der Waals surface area (Å²) in [6.45, 7) is 0. The first-order valence-electron chi connectivity index (χ1n) is 5.78. The van der Waals surface area contributed by atoms with Gasteiger partial charge in [0, 0.05) is 17.9 Å². The van der Waals surface area contributed by atoms with Crippen LogP contribution in [0.2, 0.25) is 0 Å². The van der Waals surface area contributed by atoms with Crippen molar-refractivity contribution < 1.29 is 4.92 Å². The molecule has 2 heterocycles. The summed E-state index contributed by atoms with van der Waals surface area (Å²) in [5.74, 6) is 0.645. The smallest absolute Gasteiger partial charge is 0.258 e. The molecule has 0 aliphatic heterocycles. The normalized spacial score (nSPS) is 10.8. The first kappa shape index (κ1) is 13.0. The van der Waals surface area contributed by atoms with Crippen molar-refractivity contribution in [2.75, 3.05) is 0 Å². The Morgan fingerprint density at radius 3 is 3.05 bits per heavy atom. The number of aromatic nitrogens is 2. The minimum atomic E-state index is -0.379. The topological polar surface area (TPSA) is 68.9 Å². The molecule has 3 rings (SSSR count). The Hall–Kier alpha value is -1.99. The first-order valence-corrected chi connectivity index (χ1v) is 7.65. The van der Waals surface area contributed by atoms with E-state index in [1.807, 2.05) is 17.5 Å². The van der Waals surface area contributed by atoms with Crippen LogP contribution in [0.3, 0.4) is 0 Å². The van der Waals surface area contributed by atoms with Crippen molar-refractivity contribution >= 4 is 39.0 Å². The predicted molar refractivity (Wildman–Crippen MR) is 80.1 cm³/mol. The van der Waals surface area contributed by atoms with Crippen molar-refractivity contribution in [3.8, 4) is 0 Å². The minimum Gasteiger partial charge on any atom is -0.258 e. The number of nitrogens with zero attached hydrogens (tertiary/aromatic N) is 3. The molecule has 0 spiro atoms. The van der Waals surface area contributed by atoms with E-state index in [2.05, 4.69) is 9.97 Å². The molecule has 0 aliphatic rings. The summed E-state index contributed by atoms with van der Waals surface area (Å²) in [6, 6.07) is 8.64. The second kappa shape index (κ2) is 5.56. The van der Waals surface area contributed by atoms with Crippen LogP contribution in [-0.4, -0.2) is 14.9 Å². The lowest BCUT2D eigenvalue weighted by molar-refractivity contribution is -0.384. The summed E-state index contributed by atoms with van der Waals surface area (Å²) in [4.78, 5) is 18.8. The standard InChI is InChI=1S/C13H9N3O2S2/c17-16(18)10-3-1-2-9(6-10)7-20-13-12-11(4-5-19-12)14-8-15-13/h1-6,8H,7H2. The van der Waals surface area contributed by atoms with E-state index in [1.54, 1.807) is 41.6 Å². The maximum absolute atomic E-state index is 10.7. The average Bonchev–Trinajstić information content (AvgIpc) is 2.94. The van der Waals surface area contributed by atoms with Gasteiger partial charge in [-0.25, -0.2) is 9.97 Å². The van der Waals surface area contributed by atoms with Gasteiger partial charge in [-0.2, -0.15) is 0 Å². The second-order valence-corrected chi connectivity index (χ2v) is 5.91. The summed E-state index contributed by atoms with van der Waals surface area (Å²) in [5.41, 5.74) is 1.96. The number of hydrogen-bond acceptors (Lipinski definition) is 6. The van der Waals surface area contributed by atoms with Crippen molar-refractivity contribution in [3.63, 3.8) is 0 Å². The molecule has 0 bridgehead atoms. The van der Waals surface area contributed by atoms with Crippen molar-refractivity contribution in [3.05, 3.63) is 57.7 Å². The molecule has 0 saturated heterocycles. The minimum absolute atomic E-state index is 0.118. The van der Waals surface area contributed by atoms with Gasteiger partial charge in [0.05, 0.1) is 15.1 Å². The molecule has 0 unspecified atom stereocenters. The van der Waals surface area contributed by atoms with E-state index >= 15 is 0 Å². The Labute approximate surface area is 122 Å². The Morgan fingerprint density at radius 2 is 2.20 bits per heavy atom. The van der Waals surface area contributed by atoms with E-state index in [1.165, 1.54) is 6.07 Å². The molecule has 3 aromatic rings. The summed E-state index contributed by atoms with van der Waals surface area (Å²) in [6.07, 6.45) is 1.55. The van der Waals surface area contributed by atoms with E-state index < -0.39 is 0 Å². The summed E-state index contributed by atoms with van der Waals surface area (Å²) >= 11 is 3.17. The number of thioether (sulfide) groups is 1.